The van der Waals surface area contributed by atoms with Gasteiger partial charge in [-0.05, 0) is 57.2 Å². The fourth-order valence-corrected chi connectivity index (χ4v) is 5.42. The molecule has 1 aliphatic heterocycles. The molecule has 1 saturated heterocycles. The third kappa shape index (κ3) is 6.53. The van der Waals surface area contributed by atoms with Crippen LogP contribution in [0.25, 0.3) is 11.0 Å². The maximum absolute atomic E-state index is 13.0. The summed E-state index contributed by atoms with van der Waals surface area (Å²) in [4.78, 5) is 31.1. The molecule has 2 aromatic heterocycles. The van der Waals surface area contributed by atoms with E-state index in [0.29, 0.717) is 38.1 Å². The summed E-state index contributed by atoms with van der Waals surface area (Å²) in [7, 11) is 0. The number of aromatic carboxylic acids is 1. The summed E-state index contributed by atoms with van der Waals surface area (Å²) in [5.74, 6) is -1.18. The molecule has 4 rings (SSSR count). The number of ether oxygens (including phenoxy) is 1. The number of pyridine rings is 1. The number of carbonyl (C=O) groups excluding carboxylic acids is 1. The van der Waals surface area contributed by atoms with Crippen LogP contribution in [0.15, 0.2) is 43.1 Å². The molecule has 0 radical (unpaired) electrons. The van der Waals surface area contributed by atoms with E-state index in [1.54, 1.807) is 17.0 Å². The molecule has 3 aromatic rings. The highest BCUT2D eigenvalue weighted by atomic mass is 16.5. The Morgan fingerprint density at radius 2 is 1.98 bits per heavy atom. The van der Waals surface area contributed by atoms with Gasteiger partial charge in [0.2, 0.25) is 0 Å². The largest absolute Gasteiger partial charge is 0.478 e. The molecule has 214 valence electrons. The second-order valence-corrected chi connectivity index (χ2v) is 10.3. The monoisotopic (exact) mass is 547 g/mol. The number of nitrogens with zero attached hydrogens (tertiary/aromatic N) is 4. The molecular weight excluding hydrogens is 506 g/mol. The maximum atomic E-state index is 13.0. The van der Waals surface area contributed by atoms with E-state index in [2.05, 4.69) is 37.8 Å². The minimum atomic E-state index is -1.04. The van der Waals surface area contributed by atoms with E-state index in [0.717, 1.165) is 60.2 Å². The Labute approximate surface area is 236 Å². The van der Waals surface area contributed by atoms with Gasteiger partial charge in [-0.25, -0.2) is 14.5 Å². The zero-order valence-corrected chi connectivity index (χ0v) is 23.9. The van der Waals surface area contributed by atoms with E-state index in [1.165, 1.54) is 12.1 Å². The summed E-state index contributed by atoms with van der Waals surface area (Å²) in [5, 5.41) is 18.7. The highest BCUT2D eigenvalue weighted by molar-refractivity contribution is 5.97. The minimum absolute atomic E-state index is 0.0145. The van der Waals surface area contributed by atoms with Crippen LogP contribution < -0.4 is 5.32 Å². The number of rotatable bonds is 13. The van der Waals surface area contributed by atoms with Gasteiger partial charge in [-0.3, -0.25) is 4.79 Å². The zero-order valence-electron chi connectivity index (χ0n) is 23.9. The van der Waals surface area contributed by atoms with E-state index in [-0.39, 0.29) is 23.6 Å². The van der Waals surface area contributed by atoms with Crippen LogP contribution in [0.4, 0.5) is 5.69 Å². The molecule has 1 aromatic carbocycles. The van der Waals surface area contributed by atoms with Crippen molar-refractivity contribution in [1.29, 1.82) is 0 Å². The average Bonchev–Trinajstić information content (AvgIpc) is 3.39. The van der Waals surface area contributed by atoms with Crippen molar-refractivity contribution < 1.29 is 19.4 Å². The summed E-state index contributed by atoms with van der Waals surface area (Å²) in [6.45, 7) is 12.6. The van der Waals surface area contributed by atoms with E-state index in [4.69, 9.17) is 9.72 Å². The second-order valence-electron chi connectivity index (χ2n) is 10.3. The topological polar surface area (TPSA) is 110 Å². The van der Waals surface area contributed by atoms with Gasteiger partial charge in [0.05, 0.1) is 41.2 Å². The number of hydrogen-bond acceptors (Lipinski definition) is 6. The predicted octanol–water partition coefficient (Wildman–Crippen LogP) is 5.69. The highest BCUT2D eigenvalue weighted by Gasteiger charge is 2.26. The first-order chi connectivity index (χ1) is 19.4. The molecule has 0 bridgehead atoms. The van der Waals surface area contributed by atoms with Crippen LogP contribution >= 0.6 is 0 Å². The van der Waals surface area contributed by atoms with Crippen LogP contribution in [0.3, 0.4) is 0 Å². The summed E-state index contributed by atoms with van der Waals surface area (Å²) in [5.41, 5.74) is 4.52. The van der Waals surface area contributed by atoms with Crippen molar-refractivity contribution in [3.8, 4) is 0 Å². The Hall–Kier alpha value is -3.72. The predicted molar refractivity (Wildman–Crippen MR) is 157 cm³/mol. The van der Waals surface area contributed by atoms with Gasteiger partial charge in [0.15, 0.2) is 5.65 Å². The van der Waals surface area contributed by atoms with Crippen molar-refractivity contribution in [2.75, 3.05) is 18.4 Å². The average molecular weight is 548 g/mol. The Morgan fingerprint density at radius 1 is 1.23 bits per heavy atom. The number of carbonyl (C=O) groups is 2. The highest BCUT2D eigenvalue weighted by Crippen LogP contribution is 2.32. The first-order valence-electron chi connectivity index (χ1n) is 14.4. The zero-order chi connectivity index (χ0) is 28.6. The molecule has 1 unspecified atom stereocenters. The van der Waals surface area contributed by atoms with Crippen molar-refractivity contribution in [2.45, 2.75) is 84.6 Å². The van der Waals surface area contributed by atoms with Crippen LogP contribution in [0.5, 0.6) is 0 Å². The lowest BCUT2D eigenvalue weighted by molar-refractivity contribution is -0.000481. The number of nitrogens with one attached hydrogen (secondary N) is 1. The van der Waals surface area contributed by atoms with Gasteiger partial charge in [0, 0.05) is 36.8 Å². The number of piperidine rings is 1. The molecule has 9 nitrogen and oxygen atoms in total. The molecule has 1 amide bonds. The first-order valence-corrected chi connectivity index (χ1v) is 14.4. The van der Waals surface area contributed by atoms with Crippen molar-refractivity contribution in [2.24, 2.45) is 0 Å². The SMILES string of the molecule is C=CCC(CCC)Nc1c(COC2CCN(C(=O)c3cccc(C(=O)O)c3)CC2)c(CC)nc2c1cnn2CC. The molecule has 0 aliphatic carbocycles. The summed E-state index contributed by atoms with van der Waals surface area (Å²) in [6.07, 6.45) is 9.05. The van der Waals surface area contributed by atoms with Crippen LogP contribution in [0.2, 0.25) is 0 Å². The lowest BCUT2D eigenvalue weighted by Crippen LogP contribution is -2.41. The molecule has 0 saturated carbocycles. The van der Waals surface area contributed by atoms with Gasteiger partial charge < -0.3 is 20.1 Å². The van der Waals surface area contributed by atoms with E-state index >= 15 is 0 Å². The van der Waals surface area contributed by atoms with Crippen LogP contribution in [-0.2, 0) is 24.3 Å². The molecule has 1 atom stereocenters. The Kier molecular flexibility index (Phi) is 9.93. The lowest BCUT2D eigenvalue weighted by atomic mass is 10.0. The fraction of sp³-hybridized carbons (Fsp3) is 0.484. The number of fused-ring (bicyclic) bond motifs is 1. The number of anilines is 1. The summed E-state index contributed by atoms with van der Waals surface area (Å²) in [6, 6.07) is 6.47. The molecule has 0 spiro atoms. The number of amides is 1. The van der Waals surface area contributed by atoms with Crippen molar-refractivity contribution in [1.82, 2.24) is 19.7 Å². The standard InChI is InChI=1S/C31H41N5O4/c1-5-10-23(11-6-2)33-28-25-19-32-36(8-4)29(25)34-27(7-3)26(28)20-40-24-14-16-35(17-15-24)30(37)21-12-9-13-22(18-21)31(38)39/h5,9,12-13,18-19,23-24H,1,6-8,10-11,14-17,20H2,2-4H3,(H,33,34)(H,38,39). The number of aromatic nitrogens is 3. The number of benzene rings is 1. The fourth-order valence-electron chi connectivity index (χ4n) is 5.42. The molecule has 1 aliphatic rings. The van der Waals surface area contributed by atoms with Crippen LogP contribution in [0.1, 0.15) is 84.8 Å². The van der Waals surface area contributed by atoms with Crippen LogP contribution in [0, 0.1) is 0 Å². The number of aryl methyl sites for hydroxylation is 2. The van der Waals surface area contributed by atoms with E-state index in [1.807, 2.05) is 17.0 Å². The third-order valence-corrected chi connectivity index (χ3v) is 7.59. The van der Waals surface area contributed by atoms with Gasteiger partial charge in [-0.1, -0.05) is 32.4 Å². The second kappa shape index (κ2) is 13.6. The number of carboxylic acids is 1. The first kappa shape index (κ1) is 29.3. The maximum Gasteiger partial charge on any atom is 0.335 e. The van der Waals surface area contributed by atoms with Gasteiger partial charge >= 0.3 is 5.97 Å². The molecule has 40 heavy (non-hydrogen) atoms. The Balaban J connectivity index is 1.50. The Bertz CT molecular complexity index is 1340. The molecular formula is C31H41N5O4. The van der Waals surface area contributed by atoms with Gasteiger partial charge in [0.1, 0.15) is 0 Å². The van der Waals surface area contributed by atoms with Gasteiger partial charge in [-0.2, -0.15) is 5.10 Å². The summed E-state index contributed by atoms with van der Waals surface area (Å²) < 4.78 is 8.41. The number of hydrogen-bond donors (Lipinski definition) is 2. The van der Waals surface area contributed by atoms with Crippen LogP contribution in [-0.4, -0.2) is 61.9 Å². The molecule has 1 fully saturated rings. The van der Waals surface area contributed by atoms with E-state index < -0.39 is 5.97 Å². The summed E-state index contributed by atoms with van der Waals surface area (Å²) >= 11 is 0. The lowest BCUT2D eigenvalue weighted by Gasteiger charge is -2.32. The normalized spacial score (nSPS) is 14.8. The molecule has 2 N–H and O–H groups in total. The van der Waals surface area contributed by atoms with Crippen molar-refractivity contribution in [3.05, 3.63) is 65.5 Å². The smallest absolute Gasteiger partial charge is 0.335 e. The van der Waals surface area contributed by atoms with E-state index in [9.17, 15) is 14.7 Å². The number of carboxylic acid groups (broad SMARTS) is 1. The van der Waals surface area contributed by atoms with Gasteiger partial charge in [-0.15, -0.1) is 6.58 Å². The number of likely N-dealkylation sites (tertiary alicyclic amines) is 1. The van der Waals surface area contributed by atoms with Crippen molar-refractivity contribution >= 4 is 28.6 Å². The Morgan fingerprint density at radius 3 is 2.62 bits per heavy atom. The van der Waals surface area contributed by atoms with Gasteiger partial charge in [0.25, 0.3) is 5.91 Å². The molecule has 9 heteroatoms. The molecule has 3 heterocycles. The third-order valence-electron chi connectivity index (χ3n) is 7.59. The van der Waals surface area contributed by atoms with Crippen molar-refractivity contribution in [3.63, 3.8) is 0 Å². The minimum Gasteiger partial charge on any atom is -0.478 e. The quantitative estimate of drug-likeness (QED) is 0.265.